The molecule has 8 heteroatoms. The molecule has 1 saturated carbocycles. The van der Waals surface area contributed by atoms with Gasteiger partial charge in [-0.05, 0) is 42.4 Å². The van der Waals surface area contributed by atoms with Crippen molar-refractivity contribution < 1.29 is 23.4 Å². The van der Waals surface area contributed by atoms with Crippen LogP contribution in [-0.2, 0) is 12.6 Å². The van der Waals surface area contributed by atoms with Crippen molar-refractivity contribution in [3.8, 4) is 11.4 Å². The van der Waals surface area contributed by atoms with Gasteiger partial charge in [-0.3, -0.25) is 0 Å². The molecule has 1 aliphatic carbocycles. The van der Waals surface area contributed by atoms with E-state index in [1.807, 2.05) is 0 Å². The highest BCUT2D eigenvalue weighted by atomic mass is 19.4. The zero-order valence-electron chi connectivity index (χ0n) is 18.0. The first kappa shape index (κ1) is 23.6. The van der Waals surface area contributed by atoms with Gasteiger partial charge in [0.1, 0.15) is 0 Å². The van der Waals surface area contributed by atoms with E-state index in [1.165, 1.54) is 12.3 Å². The lowest BCUT2D eigenvalue weighted by Gasteiger charge is -2.28. The predicted octanol–water partition coefficient (Wildman–Crippen LogP) is 3.70. The Balaban J connectivity index is 1.83. The van der Waals surface area contributed by atoms with Gasteiger partial charge >= 0.3 is 6.18 Å². The summed E-state index contributed by atoms with van der Waals surface area (Å²) in [7, 11) is 0. The average molecular weight is 438 g/mol. The summed E-state index contributed by atoms with van der Waals surface area (Å²) in [5.74, 6) is -0.113. The van der Waals surface area contributed by atoms with Crippen molar-refractivity contribution in [1.82, 2.24) is 15.3 Å². The van der Waals surface area contributed by atoms with E-state index in [1.54, 1.807) is 12.1 Å². The number of rotatable bonds is 6. The molecule has 31 heavy (non-hydrogen) atoms. The van der Waals surface area contributed by atoms with E-state index < -0.39 is 17.8 Å². The molecule has 170 valence electrons. The molecule has 3 rings (SSSR count). The highest BCUT2D eigenvalue weighted by Crippen LogP contribution is 2.36. The summed E-state index contributed by atoms with van der Waals surface area (Å²) in [6.07, 6.45) is -2.49. The smallest absolute Gasteiger partial charge is 0.396 e. The molecule has 1 aromatic carbocycles. The zero-order valence-corrected chi connectivity index (χ0v) is 18.0. The molecule has 0 aliphatic heterocycles. The molecule has 0 spiro atoms. The normalized spacial score (nSPS) is 24.5. The van der Waals surface area contributed by atoms with Gasteiger partial charge in [0.25, 0.3) is 0 Å². The van der Waals surface area contributed by atoms with Gasteiger partial charge in [0.05, 0.1) is 11.7 Å². The second-order valence-electron chi connectivity index (χ2n) is 9.52. The molecule has 5 nitrogen and oxygen atoms in total. The van der Waals surface area contributed by atoms with Gasteiger partial charge in [-0.15, -0.1) is 0 Å². The van der Waals surface area contributed by atoms with Crippen LogP contribution >= 0.6 is 0 Å². The summed E-state index contributed by atoms with van der Waals surface area (Å²) in [6.45, 7) is 6.99. The van der Waals surface area contributed by atoms with Gasteiger partial charge < -0.3 is 15.5 Å². The third-order valence-corrected chi connectivity index (χ3v) is 5.77. The topological polar surface area (TPSA) is 78.3 Å². The molecule has 2 aromatic rings. The van der Waals surface area contributed by atoms with Gasteiger partial charge in [-0.25, -0.2) is 9.97 Å². The largest absolute Gasteiger partial charge is 0.416 e. The Morgan fingerprint density at radius 1 is 1.13 bits per heavy atom. The minimum Gasteiger partial charge on any atom is -0.396 e. The van der Waals surface area contributed by atoms with Crippen LogP contribution in [0.2, 0.25) is 0 Å². The van der Waals surface area contributed by atoms with E-state index in [9.17, 15) is 23.4 Å². The zero-order chi connectivity index (χ0) is 22.8. The lowest BCUT2D eigenvalue weighted by atomic mass is 9.88. The fourth-order valence-corrected chi connectivity index (χ4v) is 4.14. The van der Waals surface area contributed by atoms with Crippen LogP contribution in [0.4, 0.5) is 13.2 Å². The summed E-state index contributed by atoms with van der Waals surface area (Å²) >= 11 is 0. The van der Waals surface area contributed by atoms with Crippen LogP contribution in [0, 0.1) is 17.3 Å². The Morgan fingerprint density at radius 2 is 1.87 bits per heavy atom. The van der Waals surface area contributed by atoms with Crippen molar-refractivity contribution in [2.24, 2.45) is 17.3 Å². The SMILES string of the molecule is CC(C)(C)CN[C@@H]1C[C@@H](O)[C@H](CO)[C@H]1Cc1ccnc(-c2cccc(C(F)(F)F)c2)n1. The number of aromatic nitrogens is 2. The molecule has 0 saturated heterocycles. The quantitative estimate of drug-likeness (QED) is 0.642. The monoisotopic (exact) mass is 437 g/mol. The number of nitrogens with one attached hydrogen (secondary N) is 1. The van der Waals surface area contributed by atoms with Crippen LogP contribution in [0.5, 0.6) is 0 Å². The molecule has 1 aromatic heterocycles. The van der Waals surface area contributed by atoms with Crippen molar-refractivity contribution in [2.45, 2.75) is 51.9 Å². The molecule has 1 fully saturated rings. The van der Waals surface area contributed by atoms with Crippen molar-refractivity contribution in [3.05, 3.63) is 47.8 Å². The van der Waals surface area contributed by atoms with Crippen LogP contribution in [0.25, 0.3) is 11.4 Å². The summed E-state index contributed by atoms with van der Waals surface area (Å²) in [5, 5.41) is 23.8. The summed E-state index contributed by atoms with van der Waals surface area (Å²) in [6, 6.07) is 6.70. The maximum absolute atomic E-state index is 13.1. The third-order valence-electron chi connectivity index (χ3n) is 5.77. The second kappa shape index (κ2) is 9.22. The number of halogens is 3. The highest BCUT2D eigenvalue weighted by Gasteiger charge is 2.42. The molecule has 4 atom stereocenters. The molecule has 0 bridgehead atoms. The summed E-state index contributed by atoms with van der Waals surface area (Å²) in [4.78, 5) is 8.65. The Kier molecular flexibility index (Phi) is 7.03. The molecule has 1 aliphatic rings. The average Bonchev–Trinajstić information content (AvgIpc) is 3.00. The van der Waals surface area contributed by atoms with Gasteiger partial charge in [0.15, 0.2) is 5.82 Å². The maximum atomic E-state index is 13.1. The van der Waals surface area contributed by atoms with Gasteiger partial charge in [0, 0.05) is 42.6 Å². The Hall–Kier alpha value is -2.03. The third kappa shape index (κ3) is 6.02. The van der Waals surface area contributed by atoms with Gasteiger partial charge in [-0.1, -0.05) is 32.9 Å². The van der Waals surface area contributed by atoms with Crippen LogP contribution in [-0.4, -0.2) is 45.5 Å². The number of benzene rings is 1. The first-order chi connectivity index (χ1) is 14.5. The summed E-state index contributed by atoms with van der Waals surface area (Å²) in [5.41, 5.74) is 0.287. The first-order valence-electron chi connectivity index (χ1n) is 10.5. The minimum absolute atomic E-state index is 0.0124. The van der Waals surface area contributed by atoms with E-state index in [2.05, 4.69) is 36.1 Å². The highest BCUT2D eigenvalue weighted by molar-refractivity contribution is 5.56. The van der Waals surface area contributed by atoms with Gasteiger partial charge in [-0.2, -0.15) is 13.2 Å². The van der Waals surface area contributed by atoms with Crippen molar-refractivity contribution in [1.29, 1.82) is 0 Å². The van der Waals surface area contributed by atoms with E-state index in [-0.39, 0.29) is 35.7 Å². The van der Waals surface area contributed by atoms with Gasteiger partial charge in [0.2, 0.25) is 0 Å². The molecule has 0 amide bonds. The summed E-state index contributed by atoms with van der Waals surface area (Å²) < 4.78 is 39.2. The van der Waals surface area contributed by atoms with Crippen molar-refractivity contribution >= 4 is 0 Å². The number of aliphatic hydroxyl groups is 2. The van der Waals surface area contributed by atoms with E-state index in [0.717, 1.165) is 18.7 Å². The Morgan fingerprint density at radius 3 is 2.52 bits per heavy atom. The molecule has 1 heterocycles. The first-order valence-corrected chi connectivity index (χ1v) is 10.5. The molecular formula is C23H30F3N3O2. The Labute approximate surface area is 180 Å². The number of nitrogens with zero attached hydrogens (tertiary/aromatic N) is 2. The predicted molar refractivity (Wildman–Crippen MR) is 112 cm³/mol. The standard InChI is InChI=1S/C23H30F3N3O2/c1-22(2,3)13-28-19-11-20(31)18(12-30)17(19)10-16-7-8-27-21(29-16)14-5-4-6-15(9-14)23(24,25)26/h4-9,17-20,28,30-31H,10-13H2,1-3H3/t17-,18-,19-,20-/m1/s1. The number of hydrogen-bond donors (Lipinski definition) is 3. The van der Waals surface area contributed by atoms with Crippen LogP contribution < -0.4 is 5.32 Å². The fraction of sp³-hybridized carbons (Fsp3) is 0.565. The molecule has 3 N–H and O–H groups in total. The molecular weight excluding hydrogens is 407 g/mol. The maximum Gasteiger partial charge on any atom is 0.416 e. The van der Waals surface area contributed by atoms with E-state index >= 15 is 0 Å². The van der Waals surface area contributed by atoms with E-state index in [4.69, 9.17) is 0 Å². The van der Waals surface area contributed by atoms with Crippen molar-refractivity contribution in [3.63, 3.8) is 0 Å². The lowest BCUT2D eigenvalue weighted by Crippen LogP contribution is -2.40. The van der Waals surface area contributed by atoms with Crippen LogP contribution in [0.3, 0.4) is 0 Å². The molecule has 0 unspecified atom stereocenters. The van der Waals surface area contributed by atoms with Crippen molar-refractivity contribution in [2.75, 3.05) is 13.2 Å². The second-order valence-corrected chi connectivity index (χ2v) is 9.52. The minimum atomic E-state index is -4.44. The van der Waals surface area contributed by atoms with E-state index in [0.29, 0.717) is 24.1 Å². The number of alkyl halides is 3. The number of hydrogen-bond acceptors (Lipinski definition) is 5. The Bertz CT molecular complexity index is 883. The molecule has 0 radical (unpaired) electrons. The van der Waals surface area contributed by atoms with Crippen LogP contribution in [0.15, 0.2) is 36.5 Å². The number of aliphatic hydroxyl groups excluding tert-OH is 2. The fourth-order valence-electron chi connectivity index (χ4n) is 4.14. The van der Waals surface area contributed by atoms with Crippen LogP contribution in [0.1, 0.15) is 38.4 Å². The lowest BCUT2D eigenvalue weighted by molar-refractivity contribution is -0.137.